The van der Waals surface area contributed by atoms with Gasteiger partial charge in [-0.1, -0.05) is 0 Å². The summed E-state index contributed by atoms with van der Waals surface area (Å²) in [4.78, 5) is 26.5. The lowest BCUT2D eigenvalue weighted by molar-refractivity contribution is -0.121. The normalized spacial score (nSPS) is 21.4. The molecule has 0 radical (unpaired) electrons. The third-order valence-corrected chi connectivity index (χ3v) is 2.80. The van der Waals surface area contributed by atoms with E-state index in [0.29, 0.717) is 11.5 Å². The van der Waals surface area contributed by atoms with Crippen LogP contribution in [0.2, 0.25) is 0 Å². The monoisotopic (exact) mass is 261 g/mol. The van der Waals surface area contributed by atoms with E-state index in [0.717, 1.165) is 5.56 Å². The minimum Gasteiger partial charge on any atom is -0.454 e. The SMILES string of the molecule is O=C1NCC(N=Cc2ccc3c(c2)OCO3)C(=O)N1. The second-order valence-corrected chi connectivity index (χ2v) is 4.11. The van der Waals surface area contributed by atoms with Crippen LogP contribution >= 0.6 is 0 Å². The molecule has 1 atom stereocenters. The molecule has 0 aromatic heterocycles. The van der Waals surface area contributed by atoms with Gasteiger partial charge in [-0.2, -0.15) is 0 Å². The van der Waals surface area contributed by atoms with Gasteiger partial charge in [0.25, 0.3) is 5.91 Å². The fraction of sp³-hybridized carbons (Fsp3) is 0.250. The summed E-state index contributed by atoms with van der Waals surface area (Å²) in [6.07, 6.45) is 1.57. The highest BCUT2D eigenvalue weighted by atomic mass is 16.7. The highest BCUT2D eigenvalue weighted by Crippen LogP contribution is 2.31. The molecule has 7 heteroatoms. The largest absolute Gasteiger partial charge is 0.454 e. The van der Waals surface area contributed by atoms with Crippen molar-refractivity contribution in [3.05, 3.63) is 23.8 Å². The zero-order valence-electron chi connectivity index (χ0n) is 9.88. The number of carbonyl (C=O) groups excluding carboxylic acids is 2. The van der Waals surface area contributed by atoms with Crippen LogP contribution in [0, 0.1) is 0 Å². The Balaban J connectivity index is 1.72. The van der Waals surface area contributed by atoms with Gasteiger partial charge in [-0.05, 0) is 23.8 Å². The maximum absolute atomic E-state index is 11.5. The predicted molar refractivity (Wildman–Crippen MR) is 65.5 cm³/mol. The number of hydrogen-bond acceptors (Lipinski definition) is 5. The topological polar surface area (TPSA) is 89.0 Å². The van der Waals surface area contributed by atoms with Gasteiger partial charge in [-0.15, -0.1) is 0 Å². The van der Waals surface area contributed by atoms with Crippen LogP contribution in [-0.4, -0.2) is 37.5 Å². The van der Waals surface area contributed by atoms with Gasteiger partial charge in [0, 0.05) is 6.21 Å². The van der Waals surface area contributed by atoms with Crippen molar-refractivity contribution >= 4 is 18.2 Å². The Labute approximate surface area is 108 Å². The smallest absolute Gasteiger partial charge is 0.321 e. The average Bonchev–Trinajstić information content (AvgIpc) is 2.85. The molecule has 2 aliphatic heterocycles. The quantitative estimate of drug-likeness (QED) is 0.736. The van der Waals surface area contributed by atoms with Crippen molar-refractivity contribution in [2.24, 2.45) is 4.99 Å². The summed E-state index contributed by atoms with van der Waals surface area (Å²) in [6.45, 7) is 0.415. The zero-order valence-corrected chi connectivity index (χ0v) is 9.88. The molecule has 1 fully saturated rings. The van der Waals surface area contributed by atoms with Crippen molar-refractivity contribution in [2.75, 3.05) is 13.3 Å². The standard InChI is InChI=1S/C12H11N3O4/c16-11-8(5-14-12(17)15-11)13-4-7-1-2-9-10(3-7)19-6-18-9/h1-4,8H,5-6H2,(H2,14,15,16,17). The number of fused-ring (bicyclic) bond motifs is 1. The van der Waals surface area contributed by atoms with Gasteiger partial charge in [0.2, 0.25) is 6.79 Å². The van der Waals surface area contributed by atoms with E-state index in [9.17, 15) is 9.59 Å². The van der Waals surface area contributed by atoms with Gasteiger partial charge in [0.15, 0.2) is 11.5 Å². The molecule has 0 saturated carbocycles. The molecular formula is C12H11N3O4. The van der Waals surface area contributed by atoms with Gasteiger partial charge in [-0.25, -0.2) is 4.79 Å². The Kier molecular flexibility index (Phi) is 2.79. The summed E-state index contributed by atoms with van der Waals surface area (Å²) >= 11 is 0. The molecule has 0 spiro atoms. The van der Waals surface area contributed by atoms with Crippen molar-refractivity contribution in [1.82, 2.24) is 10.6 Å². The first-order valence-electron chi connectivity index (χ1n) is 5.74. The molecule has 7 nitrogen and oxygen atoms in total. The molecule has 1 aromatic rings. The lowest BCUT2D eigenvalue weighted by Gasteiger charge is -2.18. The molecule has 1 aromatic carbocycles. The minimum atomic E-state index is -0.608. The summed E-state index contributed by atoms with van der Waals surface area (Å²) in [7, 11) is 0. The molecule has 1 saturated heterocycles. The van der Waals surface area contributed by atoms with Gasteiger partial charge < -0.3 is 14.8 Å². The number of urea groups is 1. The number of nitrogens with one attached hydrogen (secondary N) is 2. The number of nitrogens with zero attached hydrogens (tertiary/aromatic N) is 1. The third kappa shape index (κ3) is 2.35. The first-order chi connectivity index (χ1) is 9.22. The molecule has 0 aliphatic carbocycles. The van der Waals surface area contributed by atoms with Crippen LogP contribution in [-0.2, 0) is 4.79 Å². The number of aliphatic imine (C=N–C) groups is 1. The molecule has 3 rings (SSSR count). The lowest BCUT2D eigenvalue weighted by atomic mass is 10.2. The fourth-order valence-electron chi connectivity index (χ4n) is 1.81. The Morgan fingerprint density at radius 3 is 2.95 bits per heavy atom. The number of imide groups is 1. The number of amides is 3. The van der Waals surface area contributed by atoms with Crippen molar-refractivity contribution in [2.45, 2.75) is 6.04 Å². The van der Waals surface area contributed by atoms with E-state index < -0.39 is 18.0 Å². The molecule has 2 aliphatic rings. The molecule has 19 heavy (non-hydrogen) atoms. The minimum absolute atomic E-state index is 0.200. The van der Waals surface area contributed by atoms with E-state index in [1.165, 1.54) is 0 Å². The van der Waals surface area contributed by atoms with E-state index in [-0.39, 0.29) is 13.3 Å². The number of ether oxygens (including phenoxy) is 2. The first kappa shape index (κ1) is 11.5. The second-order valence-electron chi connectivity index (χ2n) is 4.11. The summed E-state index contributed by atoms with van der Waals surface area (Å²) in [5, 5.41) is 4.67. The van der Waals surface area contributed by atoms with E-state index in [1.807, 2.05) is 6.07 Å². The molecule has 3 amide bonds. The third-order valence-electron chi connectivity index (χ3n) is 2.80. The van der Waals surface area contributed by atoms with Crippen LogP contribution in [0.4, 0.5) is 4.79 Å². The Morgan fingerprint density at radius 1 is 1.26 bits per heavy atom. The van der Waals surface area contributed by atoms with Crippen LogP contribution in [0.1, 0.15) is 5.56 Å². The molecule has 2 heterocycles. The van der Waals surface area contributed by atoms with Crippen molar-refractivity contribution < 1.29 is 19.1 Å². The van der Waals surface area contributed by atoms with Crippen LogP contribution in [0.5, 0.6) is 11.5 Å². The van der Waals surface area contributed by atoms with Crippen molar-refractivity contribution in [3.63, 3.8) is 0 Å². The zero-order chi connectivity index (χ0) is 13.2. The molecule has 0 bridgehead atoms. The van der Waals surface area contributed by atoms with Gasteiger partial charge in [0.05, 0.1) is 6.54 Å². The maximum Gasteiger partial charge on any atom is 0.321 e. The van der Waals surface area contributed by atoms with Crippen LogP contribution in [0.25, 0.3) is 0 Å². The van der Waals surface area contributed by atoms with E-state index in [1.54, 1.807) is 18.3 Å². The second kappa shape index (κ2) is 4.60. The predicted octanol–water partition coefficient (Wildman–Crippen LogP) is 0.0422. The number of hydrogen-bond donors (Lipinski definition) is 2. The Bertz CT molecular complexity index is 570. The van der Waals surface area contributed by atoms with E-state index >= 15 is 0 Å². The summed E-state index contributed by atoms with van der Waals surface area (Å²) in [6, 6.07) is 4.29. The van der Waals surface area contributed by atoms with E-state index in [2.05, 4.69) is 15.6 Å². The first-order valence-corrected chi connectivity index (χ1v) is 5.74. The number of benzene rings is 1. The van der Waals surface area contributed by atoms with Gasteiger partial charge in [-0.3, -0.25) is 15.1 Å². The maximum atomic E-state index is 11.5. The molecule has 1 unspecified atom stereocenters. The molecular weight excluding hydrogens is 250 g/mol. The van der Waals surface area contributed by atoms with Crippen LogP contribution in [0.15, 0.2) is 23.2 Å². The summed E-state index contributed by atoms with van der Waals surface area (Å²) in [5.41, 5.74) is 0.800. The van der Waals surface area contributed by atoms with Gasteiger partial charge in [0.1, 0.15) is 6.04 Å². The van der Waals surface area contributed by atoms with Crippen molar-refractivity contribution in [1.29, 1.82) is 0 Å². The average molecular weight is 261 g/mol. The molecule has 98 valence electrons. The Hall–Kier alpha value is -2.57. The highest BCUT2D eigenvalue weighted by molar-refractivity contribution is 6.00. The van der Waals surface area contributed by atoms with Crippen LogP contribution < -0.4 is 20.1 Å². The summed E-state index contributed by atoms with van der Waals surface area (Å²) in [5.74, 6) is 0.950. The van der Waals surface area contributed by atoms with Gasteiger partial charge >= 0.3 is 6.03 Å². The highest BCUT2D eigenvalue weighted by Gasteiger charge is 2.24. The molecule has 2 N–H and O–H groups in total. The Morgan fingerprint density at radius 2 is 2.11 bits per heavy atom. The number of rotatable bonds is 2. The lowest BCUT2D eigenvalue weighted by Crippen LogP contribution is -2.54. The fourth-order valence-corrected chi connectivity index (χ4v) is 1.81. The van der Waals surface area contributed by atoms with E-state index in [4.69, 9.17) is 9.47 Å². The van der Waals surface area contributed by atoms with Crippen LogP contribution in [0.3, 0.4) is 0 Å². The van der Waals surface area contributed by atoms with Crippen molar-refractivity contribution in [3.8, 4) is 11.5 Å². The summed E-state index contributed by atoms with van der Waals surface area (Å²) < 4.78 is 10.4. The number of carbonyl (C=O) groups is 2.